The molecule has 10 nitrogen and oxygen atoms in total. The van der Waals surface area contributed by atoms with Crippen molar-refractivity contribution in [2.75, 3.05) is 0 Å². The van der Waals surface area contributed by atoms with Crippen LogP contribution in [-0.2, 0) is 24.9 Å². The minimum Gasteiger partial charge on any atom is -0.455 e. The van der Waals surface area contributed by atoms with Crippen molar-refractivity contribution in [2.45, 2.75) is 44.7 Å². The van der Waals surface area contributed by atoms with Crippen LogP contribution in [0.15, 0.2) is 190 Å². The molecule has 0 amide bonds. The van der Waals surface area contributed by atoms with Crippen LogP contribution in [-0.4, -0.2) is 45.2 Å². The van der Waals surface area contributed by atoms with Crippen LogP contribution < -0.4 is 0 Å². The number of imidazole rings is 2. The number of allylic oxidation sites excluding steroid dienone is 1. The van der Waals surface area contributed by atoms with E-state index in [1.807, 2.05) is 109 Å². The molecule has 0 saturated carbocycles. The van der Waals surface area contributed by atoms with Gasteiger partial charge in [0.05, 0.1) is 16.4 Å². The van der Waals surface area contributed by atoms with E-state index in [1.165, 1.54) is 4.57 Å². The number of halogens is 1. The van der Waals surface area contributed by atoms with Gasteiger partial charge in [0.25, 0.3) is 5.91 Å². The van der Waals surface area contributed by atoms with Crippen LogP contribution in [0.2, 0.25) is 0 Å². The number of unbranched alkanes of at least 4 members (excludes halogenated alkanes) is 1. The predicted molar refractivity (Wildman–Crippen MR) is 260 cm³/mol. The van der Waals surface area contributed by atoms with Gasteiger partial charge in [0.15, 0.2) is 5.54 Å². The third-order valence-electron chi connectivity index (χ3n) is 11.7. The van der Waals surface area contributed by atoms with Gasteiger partial charge >= 0.3 is 0 Å². The average Bonchev–Trinajstić information content (AvgIpc) is 4.23. The Labute approximate surface area is 388 Å². The molecule has 0 spiro atoms. The first kappa shape index (κ1) is 41.7. The SMILES string of the molecule is CCCCc1ncc(C=C(Cc2cccs2)C(=O)n2ccnc2)n1Cc1ccc2oc(-c3ccccc3-c3nnn(C(c4ccccc4)(c4ccccc4)c4ccccc4)n3)c(Br)c2c1. The van der Waals surface area contributed by atoms with Gasteiger partial charge in [-0.15, -0.1) is 26.3 Å². The minimum atomic E-state index is -0.914. The molecular weight excluding hydrogens is 893 g/mol. The molecule has 0 radical (unpaired) electrons. The second-order valence-electron chi connectivity index (χ2n) is 15.8. The topological polar surface area (TPSA) is 109 Å². The molecule has 0 aliphatic rings. The van der Waals surface area contributed by atoms with Gasteiger partial charge in [-0.1, -0.05) is 141 Å². The maximum absolute atomic E-state index is 13.8. The van der Waals surface area contributed by atoms with Gasteiger partial charge in [-0.05, 0) is 79.5 Å². The number of furan rings is 1. The highest BCUT2D eigenvalue weighted by Gasteiger charge is 2.41. The number of hydrogen-bond donors (Lipinski definition) is 0. The number of thiophene rings is 1. The lowest BCUT2D eigenvalue weighted by Gasteiger charge is -2.34. The smallest absolute Gasteiger partial charge is 0.259 e. The fourth-order valence-corrected chi connectivity index (χ4v) is 9.90. The summed E-state index contributed by atoms with van der Waals surface area (Å²) in [5.74, 6) is 1.98. The second-order valence-corrected chi connectivity index (χ2v) is 17.6. The normalized spacial score (nSPS) is 12.0. The van der Waals surface area contributed by atoms with Crippen molar-refractivity contribution in [1.29, 1.82) is 0 Å². The molecule has 0 fully saturated rings. The molecule has 5 heterocycles. The van der Waals surface area contributed by atoms with Gasteiger partial charge in [0.2, 0.25) is 5.82 Å². The summed E-state index contributed by atoms with van der Waals surface area (Å²) >= 11 is 5.60. The van der Waals surface area contributed by atoms with Crippen molar-refractivity contribution in [1.82, 2.24) is 39.3 Å². The number of aromatic nitrogens is 8. The molecule has 0 atom stereocenters. The van der Waals surface area contributed by atoms with Gasteiger partial charge in [-0.2, -0.15) is 0 Å². The highest BCUT2D eigenvalue weighted by Crippen LogP contribution is 2.43. The standard InChI is InChI=1S/C53H43BrN8O2S/c1-2-3-25-48-56-34-42(32-38(33-43-22-15-30-65-43)52(63)60-29-28-55-36-60)61(48)35-37-26-27-47-46(31-37)49(54)50(64-47)44-23-13-14-24-45(44)51-57-59-62(58-51)53(39-16-7-4-8-17-39,40-18-9-5-10-19-40)41-20-11-6-12-21-41/h4-24,26-32,34,36H,2-3,25,33,35H2,1H3. The third kappa shape index (κ3) is 8.11. The summed E-state index contributed by atoms with van der Waals surface area (Å²) in [5, 5.41) is 17.8. The number of aryl methyl sites for hydroxylation is 1. The molecule has 65 heavy (non-hydrogen) atoms. The number of tetrazole rings is 1. The fourth-order valence-electron chi connectivity index (χ4n) is 8.57. The number of hydrogen-bond acceptors (Lipinski definition) is 8. The number of benzene rings is 5. The molecule has 10 aromatic rings. The van der Waals surface area contributed by atoms with Crippen molar-refractivity contribution in [3.63, 3.8) is 0 Å². The van der Waals surface area contributed by atoms with E-state index in [1.54, 1.807) is 34.9 Å². The Hall–Kier alpha value is -7.28. The Bertz CT molecular complexity index is 3130. The van der Waals surface area contributed by atoms with Gasteiger partial charge in [-0.3, -0.25) is 9.36 Å². The van der Waals surface area contributed by atoms with Crippen LogP contribution in [0.1, 0.15) is 63.2 Å². The van der Waals surface area contributed by atoms with E-state index in [0.29, 0.717) is 30.1 Å². The van der Waals surface area contributed by atoms with E-state index in [4.69, 9.17) is 24.8 Å². The quantitative estimate of drug-likeness (QED) is 0.0744. The Morgan fingerprint density at radius 3 is 2.17 bits per heavy atom. The van der Waals surface area contributed by atoms with Crippen molar-refractivity contribution >= 4 is 50.2 Å². The van der Waals surface area contributed by atoms with Crippen LogP contribution in [0, 0.1) is 0 Å². The lowest BCUT2D eigenvalue weighted by Crippen LogP contribution is -2.39. The summed E-state index contributed by atoms with van der Waals surface area (Å²) in [7, 11) is 0. The molecule has 12 heteroatoms. The molecule has 0 unspecified atom stereocenters. The number of fused-ring (bicyclic) bond motifs is 1. The van der Waals surface area contributed by atoms with E-state index in [2.05, 4.69) is 87.0 Å². The van der Waals surface area contributed by atoms with Crippen LogP contribution in [0.4, 0.5) is 0 Å². The van der Waals surface area contributed by atoms with Gasteiger partial charge < -0.3 is 8.98 Å². The zero-order valence-electron chi connectivity index (χ0n) is 35.5. The van der Waals surface area contributed by atoms with E-state index in [9.17, 15) is 4.79 Å². The minimum absolute atomic E-state index is 0.115. The number of nitrogens with zero attached hydrogens (tertiary/aromatic N) is 8. The van der Waals surface area contributed by atoms with Gasteiger partial charge in [0.1, 0.15) is 23.5 Å². The zero-order chi connectivity index (χ0) is 44.2. The molecule has 5 aromatic heterocycles. The molecule has 0 aliphatic carbocycles. The van der Waals surface area contributed by atoms with Crippen LogP contribution >= 0.6 is 27.3 Å². The first-order valence-electron chi connectivity index (χ1n) is 21.6. The Morgan fingerprint density at radius 2 is 1.52 bits per heavy atom. The number of carbonyl (C=O) groups excluding carboxylic acids is 1. The van der Waals surface area contributed by atoms with E-state index in [0.717, 1.165) is 84.5 Å². The lowest BCUT2D eigenvalue weighted by molar-refractivity contribution is 0.0953. The van der Waals surface area contributed by atoms with Crippen LogP contribution in [0.25, 0.3) is 39.8 Å². The number of carbonyl (C=O) groups is 1. The van der Waals surface area contributed by atoms with E-state index >= 15 is 0 Å². The van der Waals surface area contributed by atoms with Gasteiger partial charge in [-0.25, -0.2) is 9.97 Å². The summed E-state index contributed by atoms with van der Waals surface area (Å²) in [6, 6.07) is 49.3. The lowest BCUT2D eigenvalue weighted by atomic mass is 9.77. The summed E-state index contributed by atoms with van der Waals surface area (Å²) in [4.78, 5) is 25.7. The van der Waals surface area contributed by atoms with Crippen molar-refractivity contribution in [3.8, 4) is 22.7 Å². The Kier molecular flexibility index (Phi) is 11.8. The largest absolute Gasteiger partial charge is 0.455 e. The van der Waals surface area contributed by atoms with E-state index < -0.39 is 5.54 Å². The molecule has 0 N–H and O–H groups in total. The molecular formula is C53H43BrN8O2S. The van der Waals surface area contributed by atoms with Crippen molar-refractivity contribution < 1.29 is 9.21 Å². The Morgan fingerprint density at radius 1 is 0.831 bits per heavy atom. The van der Waals surface area contributed by atoms with Gasteiger partial charge in [0, 0.05) is 58.7 Å². The molecule has 0 saturated heterocycles. The summed E-state index contributed by atoms with van der Waals surface area (Å²) in [5.41, 5.74) is 7.03. The molecule has 0 aliphatic heterocycles. The van der Waals surface area contributed by atoms with E-state index in [-0.39, 0.29) is 5.91 Å². The first-order valence-corrected chi connectivity index (χ1v) is 23.3. The highest BCUT2D eigenvalue weighted by molar-refractivity contribution is 9.10. The molecule has 320 valence electrons. The number of rotatable bonds is 15. The highest BCUT2D eigenvalue weighted by atomic mass is 79.9. The maximum Gasteiger partial charge on any atom is 0.259 e. The first-order chi connectivity index (χ1) is 32.0. The Balaban J connectivity index is 1.02. The summed E-state index contributed by atoms with van der Waals surface area (Å²) < 4.78 is 11.3. The third-order valence-corrected chi connectivity index (χ3v) is 13.4. The average molecular weight is 936 g/mol. The fraction of sp³-hybridized carbons (Fsp3) is 0.132. The maximum atomic E-state index is 13.8. The second kappa shape index (κ2) is 18.4. The molecule has 5 aromatic carbocycles. The monoisotopic (exact) mass is 934 g/mol. The van der Waals surface area contributed by atoms with Crippen molar-refractivity contribution in [2.24, 2.45) is 0 Å². The summed E-state index contributed by atoms with van der Waals surface area (Å²) in [6.45, 7) is 2.73. The molecule has 10 rings (SSSR count). The zero-order valence-corrected chi connectivity index (χ0v) is 37.9. The summed E-state index contributed by atoms with van der Waals surface area (Å²) in [6.07, 6.45) is 12.1. The van der Waals surface area contributed by atoms with Crippen LogP contribution in [0.3, 0.4) is 0 Å². The predicted octanol–water partition coefficient (Wildman–Crippen LogP) is 12.2. The van der Waals surface area contributed by atoms with Crippen molar-refractivity contribution in [3.05, 3.63) is 225 Å². The van der Waals surface area contributed by atoms with Crippen LogP contribution in [0.5, 0.6) is 0 Å². The molecule has 0 bridgehead atoms.